The van der Waals surface area contributed by atoms with Crippen LogP contribution in [0.15, 0.2) is 268 Å². The molecule has 0 aliphatic heterocycles. The van der Waals surface area contributed by atoms with Gasteiger partial charge in [0.15, 0.2) is 0 Å². The third-order valence-electron chi connectivity index (χ3n) is 15.7. The molecule has 0 atom stereocenters. The van der Waals surface area contributed by atoms with Crippen LogP contribution in [0.5, 0.6) is 0 Å². The van der Waals surface area contributed by atoms with Gasteiger partial charge in [0.05, 0.1) is 33.5 Å². The Morgan fingerprint density at radius 1 is 0.373 bits per heavy atom. The average Bonchev–Trinajstić information content (AvgIpc) is 3.51. The monoisotopic (exact) mass is 1140 g/mol. The predicted molar refractivity (Wildman–Crippen MR) is 348 cm³/mol. The molecule has 0 saturated heterocycles. The molecule has 8 nitrogen and oxygen atoms in total. The molecule has 0 aliphatic rings. The molecule has 6 aromatic heterocycles. The van der Waals surface area contributed by atoms with E-state index >= 15 is 0 Å². The Morgan fingerprint density at radius 2 is 0.759 bits per heavy atom. The average molecular weight is 1140 g/mol. The molecule has 0 saturated carbocycles. The van der Waals surface area contributed by atoms with E-state index in [0.717, 1.165) is 87.8 Å². The van der Waals surface area contributed by atoms with Crippen LogP contribution in [-0.2, 0) is 0 Å². The van der Waals surface area contributed by atoms with Crippen LogP contribution in [0.25, 0.3) is 133 Å². The number of nitrogens with zero attached hydrogens (tertiary/aromatic N) is 4. The first-order chi connectivity index (χ1) is 40.3. The number of hydrogen-bond acceptors (Lipinski definition) is 6. The van der Waals surface area contributed by atoms with Crippen molar-refractivity contribution in [1.29, 1.82) is 0 Å². The van der Waals surface area contributed by atoms with Gasteiger partial charge in [-0.25, -0.2) is 0 Å². The van der Waals surface area contributed by atoms with Gasteiger partial charge in [-0.3, -0.25) is 9.97 Å². The number of fused-ring (bicyclic) bond motifs is 12. The lowest BCUT2D eigenvalue weighted by Gasteiger charge is -2.17. The number of rotatable bonds is 6. The van der Waals surface area contributed by atoms with E-state index in [1.807, 2.05) is 67.0 Å². The van der Waals surface area contributed by atoms with Crippen molar-refractivity contribution < 1.29 is 18.9 Å². The second-order valence-corrected chi connectivity index (χ2v) is 21.3. The van der Waals surface area contributed by atoms with Gasteiger partial charge in [-0.1, -0.05) is 163 Å². The van der Waals surface area contributed by atoms with E-state index in [1.54, 1.807) is 18.2 Å². The molecule has 10 aromatic carbocycles. The van der Waals surface area contributed by atoms with Crippen molar-refractivity contribution in [3.05, 3.63) is 271 Å². The van der Waals surface area contributed by atoms with Crippen molar-refractivity contribution in [3.63, 3.8) is 0 Å². The minimum atomic E-state index is -1.45. The zero-order chi connectivity index (χ0) is 55.4. The molecule has 16 aromatic rings. The lowest BCUT2D eigenvalue weighted by atomic mass is 9.80. The Kier molecular flexibility index (Phi) is 13.9. The van der Waals surface area contributed by atoms with Crippen LogP contribution in [0.2, 0.25) is 0 Å². The first-order valence-corrected chi connectivity index (χ1v) is 28.0. The van der Waals surface area contributed by atoms with Crippen LogP contribution < -0.4 is 5.46 Å². The Hall–Kier alpha value is -9.84. The quantitative estimate of drug-likeness (QED) is 0.161. The van der Waals surface area contributed by atoms with Crippen molar-refractivity contribution in [1.82, 2.24) is 19.1 Å². The fourth-order valence-electron chi connectivity index (χ4n) is 11.7. The van der Waals surface area contributed by atoms with E-state index in [2.05, 4.69) is 214 Å². The van der Waals surface area contributed by atoms with Gasteiger partial charge in [-0.15, -0.1) is 0 Å². The van der Waals surface area contributed by atoms with Gasteiger partial charge in [-0.2, -0.15) is 0 Å². The molecule has 0 radical (unpaired) electrons. The molecule has 6 heterocycles. The largest absolute Gasteiger partial charge is 0.488 e. The van der Waals surface area contributed by atoms with Gasteiger partial charge >= 0.3 is 7.12 Å². The summed E-state index contributed by atoms with van der Waals surface area (Å²) >= 11 is 3.77. The molecular formula is C73H54BBrN4O4. The summed E-state index contributed by atoms with van der Waals surface area (Å²) in [7, 11) is -1.45. The summed E-state index contributed by atoms with van der Waals surface area (Å²) in [5.41, 5.74) is 19.9. The molecule has 2 N–H and O–H groups in total. The van der Waals surface area contributed by atoms with Gasteiger partial charge in [-0.05, 0) is 145 Å². The lowest BCUT2D eigenvalue weighted by molar-refractivity contribution is 0.426. The molecule has 0 unspecified atom stereocenters. The molecule has 0 bridgehead atoms. The van der Waals surface area contributed by atoms with E-state index in [-0.39, 0.29) is 7.43 Å². The molecule has 400 valence electrons. The number of para-hydroxylation sites is 6. The highest BCUT2D eigenvalue weighted by molar-refractivity contribution is 9.10. The lowest BCUT2D eigenvalue weighted by Crippen LogP contribution is -2.29. The van der Waals surface area contributed by atoms with E-state index in [0.29, 0.717) is 5.46 Å². The van der Waals surface area contributed by atoms with Crippen LogP contribution in [0, 0.1) is 13.8 Å². The van der Waals surface area contributed by atoms with Crippen LogP contribution in [0.1, 0.15) is 18.6 Å². The first kappa shape index (κ1) is 52.5. The number of pyridine rings is 2. The minimum Gasteiger partial charge on any atom is -0.456 e. The summed E-state index contributed by atoms with van der Waals surface area (Å²) in [4.78, 5) is 9.32. The van der Waals surface area contributed by atoms with Crippen molar-refractivity contribution in [2.45, 2.75) is 21.3 Å². The Labute approximate surface area is 488 Å². The maximum absolute atomic E-state index is 9.12. The predicted octanol–water partition coefficient (Wildman–Crippen LogP) is 18.5. The summed E-state index contributed by atoms with van der Waals surface area (Å²) in [6, 6.07) is 83.2. The highest BCUT2D eigenvalue weighted by atomic mass is 79.9. The van der Waals surface area contributed by atoms with Gasteiger partial charge in [0, 0.05) is 82.5 Å². The van der Waals surface area contributed by atoms with Gasteiger partial charge in [0.2, 0.25) is 0 Å². The molecule has 0 aliphatic carbocycles. The number of furan rings is 2. The zero-order valence-electron chi connectivity index (χ0n) is 44.7. The van der Waals surface area contributed by atoms with Crippen LogP contribution in [-0.4, -0.2) is 36.3 Å². The molecular weight excluding hydrogens is 1090 g/mol. The molecule has 0 amide bonds. The molecule has 16 rings (SSSR count). The summed E-state index contributed by atoms with van der Waals surface area (Å²) in [6.07, 6.45) is 3.71. The Balaban J connectivity index is 0.000000127. The number of aromatic nitrogens is 4. The van der Waals surface area contributed by atoms with Crippen molar-refractivity contribution in [2.75, 3.05) is 0 Å². The summed E-state index contributed by atoms with van der Waals surface area (Å²) in [5, 5.41) is 27.4. The fourth-order valence-corrected chi connectivity index (χ4v) is 12.1. The highest BCUT2D eigenvalue weighted by Crippen LogP contribution is 2.41. The normalized spacial score (nSPS) is 11.3. The van der Waals surface area contributed by atoms with Crippen molar-refractivity contribution in [2.24, 2.45) is 0 Å². The molecule has 0 spiro atoms. The van der Waals surface area contributed by atoms with Gasteiger partial charge in [0.1, 0.15) is 22.3 Å². The third-order valence-corrected chi connectivity index (χ3v) is 16.5. The SMILES string of the molecule is C.Cc1c(-c2ccc3oc4ccccc4c3c2)cc(-n2c3ccccc3c3ccccc32)cc1-c1ccccn1.Cc1c(Br)cc(-n2c3ccccc3c3ccccc32)cc1-c1ccccn1.OB(O)c1ccc2oc3ccccc3c2c1. The fraction of sp³-hybridized carbons (Fsp3) is 0.0411. The van der Waals surface area contributed by atoms with Crippen LogP contribution in [0.3, 0.4) is 0 Å². The summed E-state index contributed by atoms with van der Waals surface area (Å²) in [6.45, 7) is 4.33. The van der Waals surface area contributed by atoms with Crippen LogP contribution >= 0.6 is 15.9 Å². The maximum atomic E-state index is 9.12. The first-order valence-electron chi connectivity index (χ1n) is 27.2. The van der Waals surface area contributed by atoms with E-state index < -0.39 is 7.12 Å². The van der Waals surface area contributed by atoms with Gasteiger partial charge < -0.3 is 28.0 Å². The smallest absolute Gasteiger partial charge is 0.456 e. The highest BCUT2D eigenvalue weighted by Gasteiger charge is 2.20. The topological polar surface area (TPSA) is 102 Å². The molecule has 83 heavy (non-hydrogen) atoms. The minimum absolute atomic E-state index is 0. The Morgan fingerprint density at radius 3 is 1.23 bits per heavy atom. The maximum Gasteiger partial charge on any atom is 0.488 e. The third kappa shape index (κ3) is 9.42. The second kappa shape index (κ2) is 21.9. The Bertz CT molecular complexity index is 4980. The number of hydrogen-bond donors (Lipinski definition) is 2. The second-order valence-electron chi connectivity index (χ2n) is 20.5. The molecule has 10 heteroatoms. The van der Waals surface area contributed by atoms with E-state index in [9.17, 15) is 0 Å². The number of benzene rings is 10. The van der Waals surface area contributed by atoms with E-state index in [1.165, 1.54) is 60.3 Å². The summed E-state index contributed by atoms with van der Waals surface area (Å²) < 4.78 is 17.6. The van der Waals surface area contributed by atoms with Crippen molar-refractivity contribution >= 4 is 116 Å². The van der Waals surface area contributed by atoms with Gasteiger partial charge in [0.25, 0.3) is 0 Å². The number of halogens is 1. The standard InChI is InChI=1S/C36H24N2O.C24H17BrN2.C12H9BO3.CH4/c1-23-29(24-17-18-36-31(20-24)28-12-4-7-16-35(28)39-36)21-25(22-30(23)32-13-8-9-19-37-32)38-33-14-5-2-10-26(33)27-11-3-6-15-34(27)38;1-16-20(22-10-6-7-13-26-22)14-17(15-21(16)25)27-23-11-4-2-8-18(23)19-9-3-5-12-24(19)27;14-13(15)8-5-6-12-10(7-8)9-3-1-2-4-11(9)16-12;/h2-22H,1H3;2-15H,1H3;1-7,14-15H;1H4. The van der Waals surface area contributed by atoms with E-state index in [4.69, 9.17) is 23.9 Å². The van der Waals surface area contributed by atoms with Crippen molar-refractivity contribution in [3.8, 4) is 45.0 Å². The molecule has 0 fully saturated rings. The van der Waals surface area contributed by atoms with Crippen LogP contribution in [0.4, 0.5) is 0 Å². The summed E-state index contributed by atoms with van der Waals surface area (Å²) in [5.74, 6) is 0. The zero-order valence-corrected chi connectivity index (χ0v) is 46.3.